The van der Waals surface area contributed by atoms with Gasteiger partial charge >= 0.3 is 5.69 Å². The van der Waals surface area contributed by atoms with Crippen molar-refractivity contribution in [3.8, 4) is 0 Å². The van der Waals surface area contributed by atoms with Gasteiger partial charge in [-0.15, -0.1) is 0 Å². The quantitative estimate of drug-likeness (QED) is 0.354. The Hall–Kier alpha value is -4.72. The normalized spacial score (nSPS) is 11.1. The van der Waals surface area contributed by atoms with Gasteiger partial charge in [0.15, 0.2) is 5.78 Å². The van der Waals surface area contributed by atoms with Gasteiger partial charge in [0.05, 0.1) is 0 Å². The standard InChI is InChI=1S/C28H23N3O5/c1-18(32)20-11-13-21(14-12-20)29-24(33)17-31-25-22-9-5-6-10-23(22)36-26(25)27(34)30(28(31)35)16-15-19-7-3-2-4-8-19/h2-14H,15-17H2,1H3,(H,29,33). The number of Topliss-reactive ketones (excluding diaryl/α,β-unsaturated/α-hetero) is 1. The topological polar surface area (TPSA) is 103 Å². The first kappa shape index (κ1) is 23.0. The maximum absolute atomic E-state index is 13.5. The Morgan fingerprint density at radius 3 is 2.28 bits per heavy atom. The number of carbonyl (C=O) groups is 2. The summed E-state index contributed by atoms with van der Waals surface area (Å²) in [7, 11) is 0. The second-order valence-corrected chi connectivity index (χ2v) is 8.52. The minimum atomic E-state index is -0.586. The first-order chi connectivity index (χ1) is 17.4. The van der Waals surface area contributed by atoms with Gasteiger partial charge in [0.1, 0.15) is 17.6 Å². The number of aromatic nitrogens is 2. The number of furan rings is 1. The van der Waals surface area contributed by atoms with Crippen LogP contribution in [-0.2, 0) is 24.3 Å². The number of hydrogen-bond donors (Lipinski definition) is 1. The van der Waals surface area contributed by atoms with Crippen LogP contribution in [0.15, 0.2) is 92.9 Å². The Morgan fingerprint density at radius 1 is 0.861 bits per heavy atom. The van der Waals surface area contributed by atoms with Crippen molar-refractivity contribution in [3.63, 3.8) is 0 Å². The molecular weight excluding hydrogens is 458 g/mol. The Morgan fingerprint density at radius 2 is 1.56 bits per heavy atom. The molecule has 0 bridgehead atoms. The second-order valence-electron chi connectivity index (χ2n) is 8.52. The van der Waals surface area contributed by atoms with Gasteiger partial charge in [0.25, 0.3) is 5.56 Å². The van der Waals surface area contributed by atoms with E-state index in [1.165, 1.54) is 11.5 Å². The highest BCUT2D eigenvalue weighted by atomic mass is 16.3. The van der Waals surface area contributed by atoms with Gasteiger partial charge < -0.3 is 9.73 Å². The Bertz CT molecular complexity index is 1710. The summed E-state index contributed by atoms with van der Waals surface area (Å²) in [5.74, 6) is -0.529. The lowest BCUT2D eigenvalue weighted by Crippen LogP contribution is -2.41. The number of amides is 1. The molecule has 0 unspecified atom stereocenters. The summed E-state index contributed by atoms with van der Waals surface area (Å²) in [6.07, 6.45) is 0.469. The highest BCUT2D eigenvalue weighted by Crippen LogP contribution is 2.25. The highest BCUT2D eigenvalue weighted by Gasteiger charge is 2.21. The fourth-order valence-corrected chi connectivity index (χ4v) is 4.26. The number of anilines is 1. The first-order valence-electron chi connectivity index (χ1n) is 11.5. The zero-order valence-corrected chi connectivity index (χ0v) is 19.6. The highest BCUT2D eigenvalue weighted by molar-refractivity contribution is 6.03. The molecule has 1 amide bonds. The maximum atomic E-state index is 13.5. The molecule has 8 heteroatoms. The van der Waals surface area contributed by atoms with Crippen LogP contribution in [-0.4, -0.2) is 20.8 Å². The average Bonchev–Trinajstić information content (AvgIpc) is 3.27. The minimum Gasteiger partial charge on any atom is -0.449 e. The van der Waals surface area contributed by atoms with Crippen LogP contribution in [0.5, 0.6) is 0 Å². The predicted octanol–water partition coefficient (Wildman–Crippen LogP) is 3.99. The van der Waals surface area contributed by atoms with E-state index in [0.717, 1.165) is 10.1 Å². The Balaban J connectivity index is 1.55. The third-order valence-electron chi connectivity index (χ3n) is 6.08. The van der Waals surface area contributed by atoms with Crippen LogP contribution in [0.3, 0.4) is 0 Å². The SMILES string of the molecule is CC(=O)c1ccc(NC(=O)Cn2c(=O)n(CCc3ccccc3)c(=O)c3oc4ccccc4c32)cc1. The van der Waals surface area contributed by atoms with Gasteiger partial charge in [-0.05, 0) is 55.3 Å². The van der Waals surface area contributed by atoms with E-state index in [0.29, 0.717) is 34.2 Å². The molecular formula is C28H23N3O5. The number of carbonyl (C=O) groups excluding carboxylic acids is 2. The fourth-order valence-electron chi connectivity index (χ4n) is 4.26. The van der Waals surface area contributed by atoms with Gasteiger partial charge in [0.2, 0.25) is 11.5 Å². The number of fused-ring (bicyclic) bond motifs is 3. The molecule has 0 spiro atoms. The van der Waals surface area contributed by atoms with E-state index in [1.807, 2.05) is 30.3 Å². The van der Waals surface area contributed by atoms with E-state index in [9.17, 15) is 19.2 Å². The first-order valence-corrected chi connectivity index (χ1v) is 11.5. The third kappa shape index (κ3) is 4.36. The summed E-state index contributed by atoms with van der Waals surface area (Å²) >= 11 is 0. The van der Waals surface area contributed by atoms with Crippen LogP contribution in [0.1, 0.15) is 22.8 Å². The Labute approximate surface area is 205 Å². The maximum Gasteiger partial charge on any atom is 0.332 e. The van der Waals surface area contributed by atoms with Crippen molar-refractivity contribution < 1.29 is 14.0 Å². The molecule has 2 heterocycles. The van der Waals surface area contributed by atoms with Gasteiger partial charge in [-0.1, -0.05) is 42.5 Å². The molecule has 3 aromatic carbocycles. The number of rotatable bonds is 7. The van der Waals surface area contributed by atoms with Gasteiger partial charge in [-0.3, -0.25) is 23.5 Å². The van der Waals surface area contributed by atoms with Crippen LogP contribution in [0.2, 0.25) is 0 Å². The zero-order chi connectivity index (χ0) is 25.2. The number of benzene rings is 3. The molecule has 5 rings (SSSR count). The molecule has 0 fully saturated rings. The second kappa shape index (κ2) is 9.50. The molecule has 0 atom stereocenters. The van der Waals surface area contributed by atoms with Crippen molar-refractivity contribution in [3.05, 3.63) is 111 Å². The summed E-state index contributed by atoms with van der Waals surface area (Å²) in [4.78, 5) is 51.3. The van der Waals surface area contributed by atoms with Crippen molar-refractivity contribution in [1.82, 2.24) is 9.13 Å². The summed E-state index contributed by atoms with van der Waals surface area (Å²) in [5.41, 5.74) is 1.66. The molecule has 2 aromatic heterocycles. The summed E-state index contributed by atoms with van der Waals surface area (Å²) in [5, 5.41) is 3.33. The van der Waals surface area contributed by atoms with Gasteiger partial charge in [-0.2, -0.15) is 0 Å². The van der Waals surface area contributed by atoms with E-state index in [1.54, 1.807) is 48.5 Å². The van der Waals surface area contributed by atoms with Crippen molar-refractivity contribution in [1.29, 1.82) is 0 Å². The molecule has 5 aromatic rings. The largest absolute Gasteiger partial charge is 0.449 e. The summed E-state index contributed by atoms with van der Waals surface area (Å²) in [6.45, 7) is 1.29. The molecule has 0 saturated heterocycles. The molecule has 0 aliphatic carbocycles. The van der Waals surface area contributed by atoms with Crippen LogP contribution in [0, 0.1) is 0 Å². The lowest BCUT2D eigenvalue weighted by molar-refractivity contribution is -0.116. The molecule has 0 saturated carbocycles. The monoisotopic (exact) mass is 481 g/mol. The van der Waals surface area contributed by atoms with Gasteiger partial charge in [0, 0.05) is 23.2 Å². The van der Waals surface area contributed by atoms with Crippen molar-refractivity contribution >= 4 is 39.4 Å². The van der Waals surface area contributed by atoms with E-state index >= 15 is 0 Å². The molecule has 0 aliphatic rings. The van der Waals surface area contributed by atoms with Crippen LogP contribution < -0.4 is 16.6 Å². The number of nitrogens with one attached hydrogen (secondary N) is 1. The zero-order valence-electron chi connectivity index (χ0n) is 19.6. The van der Waals surface area contributed by atoms with Crippen molar-refractivity contribution in [2.75, 3.05) is 5.32 Å². The molecule has 0 radical (unpaired) electrons. The summed E-state index contributed by atoms with van der Waals surface area (Å²) < 4.78 is 8.25. The average molecular weight is 482 g/mol. The third-order valence-corrected chi connectivity index (χ3v) is 6.08. The number of nitrogens with zero attached hydrogens (tertiary/aromatic N) is 2. The number of hydrogen-bond acceptors (Lipinski definition) is 5. The number of aryl methyl sites for hydroxylation is 1. The fraction of sp³-hybridized carbons (Fsp3) is 0.143. The van der Waals surface area contributed by atoms with Crippen molar-refractivity contribution in [2.45, 2.75) is 26.4 Å². The number of para-hydroxylation sites is 1. The smallest absolute Gasteiger partial charge is 0.332 e. The number of ketones is 1. The lowest BCUT2D eigenvalue weighted by Gasteiger charge is -2.12. The molecule has 180 valence electrons. The minimum absolute atomic E-state index is 0.0301. The van der Waals surface area contributed by atoms with Crippen LogP contribution in [0.4, 0.5) is 5.69 Å². The van der Waals surface area contributed by atoms with Crippen LogP contribution >= 0.6 is 0 Å². The summed E-state index contributed by atoms with van der Waals surface area (Å²) in [6, 6.07) is 23.1. The van der Waals surface area contributed by atoms with E-state index in [2.05, 4.69) is 5.32 Å². The van der Waals surface area contributed by atoms with Crippen molar-refractivity contribution in [2.24, 2.45) is 0 Å². The molecule has 0 aliphatic heterocycles. The van der Waals surface area contributed by atoms with E-state index in [-0.39, 0.29) is 24.5 Å². The molecule has 8 nitrogen and oxygen atoms in total. The predicted molar refractivity (Wildman–Crippen MR) is 137 cm³/mol. The lowest BCUT2D eigenvalue weighted by atomic mass is 10.1. The van der Waals surface area contributed by atoms with Gasteiger partial charge in [-0.25, -0.2) is 4.79 Å². The Kier molecular flexibility index (Phi) is 6.08. The van der Waals surface area contributed by atoms with E-state index in [4.69, 9.17) is 4.42 Å². The van der Waals surface area contributed by atoms with Crippen LogP contribution in [0.25, 0.3) is 22.1 Å². The molecule has 1 N–H and O–H groups in total. The molecule has 36 heavy (non-hydrogen) atoms. The van der Waals surface area contributed by atoms with E-state index < -0.39 is 17.2 Å².